The summed E-state index contributed by atoms with van der Waals surface area (Å²) in [5.74, 6) is 0.282. The standard InChI is InChI=1S/C17H22N2OS/c1-4-19(16-10-13(20)9-8-12(16)2)15-6-5-7-17(21-3)14(15)11-18/h5-10,20H,4,11,18H2,1-3H3. The molecule has 4 heteroatoms. The summed E-state index contributed by atoms with van der Waals surface area (Å²) in [5.41, 5.74) is 10.4. The number of phenols is 1. The molecule has 0 spiro atoms. The van der Waals surface area contributed by atoms with Crippen LogP contribution in [0.5, 0.6) is 5.75 Å². The zero-order valence-electron chi connectivity index (χ0n) is 12.8. The van der Waals surface area contributed by atoms with E-state index in [0.29, 0.717) is 6.54 Å². The molecule has 2 aromatic carbocycles. The molecule has 3 N–H and O–H groups in total. The van der Waals surface area contributed by atoms with Gasteiger partial charge in [-0.3, -0.25) is 0 Å². The summed E-state index contributed by atoms with van der Waals surface area (Å²) in [6, 6.07) is 11.7. The van der Waals surface area contributed by atoms with Crippen molar-refractivity contribution < 1.29 is 5.11 Å². The maximum atomic E-state index is 9.80. The van der Waals surface area contributed by atoms with Crippen LogP contribution in [0.2, 0.25) is 0 Å². The van der Waals surface area contributed by atoms with Gasteiger partial charge in [-0.15, -0.1) is 11.8 Å². The van der Waals surface area contributed by atoms with Crippen molar-refractivity contribution in [3.63, 3.8) is 0 Å². The van der Waals surface area contributed by atoms with E-state index in [1.54, 1.807) is 17.8 Å². The summed E-state index contributed by atoms with van der Waals surface area (Å²) < 4.78 is 0. The number of nitrogens with two attached hydrogens (primary N) is 1. The molecule has 0 radical (unpaired) electrons. The summed E-state index contributed by atoms with van der Waals surface area (Å²) in [7, 11) is 0. The average Bonchev–Trinajstić information content (AvgIpc) is 2.51. The molecule has 2 rings (SSSR count). The molecule has 0 heterocycles. The highest BCUT2D eigenvalue weighted by atomic mass is 32.2. The highest BCUT2D eigenvalue weighted by Crippen LogP contribution is 2.36. The van der Waals surface area contributed by atoms with Crippen LogP contribution >= 0.6 is 11.8 Å². The largest absolute Gasteiger partial charge is 0.508 e. The van der Waals surface area contributed by atoms with Crippen LogP contribution in [0.4, 0.5) is 11.4 Å². The molecule has 0 saturated heterocycles. The van der Waals surface area contributed by atoms with E-state index >= 15 is 0 Å². The van der Waals surface area contributed by atoms with E-state index in [9.17, 15) is 5.11 Å². The van der Waals surface area contributed by atoms with Crippen LogP contribution in [-0.2, 0) is 6.54 Å². The highest BCUT2D eigenvalue weighted by Gasteiger charge is 2.15. The first-order valence-corrected chi connectivity index (χ1v) is 8.28. The van der Waals surface area contributed by atoms with E-state index in [0.717, 1.165) is 29.0 Å². The summed E-state index contributed by atoms with van der Waals surface area (Å²) in [4.78, 5) is 3.41. The molecule has 0 aromatic heterocycles. The van der Waals surface area contributed by atoms with Gasteiger partial charge >= 0.3 is 0 Å². The second-order valence-corrected chi connectivity index (χ2v) is 5.73. The third-order valence-corrected chi connectivity index (χ3v) is 4.45. The number of thioether (sulfide) groups is 1. The Balaban J connectivity index is 2.59. The van der Waals surface area contributed by atoms with Crippen molar-refractivity contribution in [1.82, 2.24) is 0 Å². The van der Waals surface area contributed by atoms with Crippen LogP contribution in [-0.4, -0.2) is 17.9 Å². The van der Waals surface area contributed by atoms with E-state index in [4.69, 9.17) is 5.73 Å². The van der Waals surface area contributed by atoms with Crippen molar-refractivity contribution in [1.29, 1.82) is 0 Å². The van der Waals surface area contributed by atoms with Crippen molar-refractivity contribution >= 4 is 23.1 Å². The molecule has 0 saturated carbocycles. The monoisotopic (exact) mass is 302 g/mol. The van der Waals surface area contributed by atoms with Crippen LogP contribution < -0.4 is 10.6 Å². The van der Waals surface area contributed by atoms with Gasteiger partial charge in [0.2, 0.25) is 0 Å². The third-order valence-electron chi connectivity index (χ3n) is 3.62. The smallest absolute Gasteiger partial charge is 0.117 e. The first kappa shape index (κ1) is 15.7. The van der Waals surface area contributed by atoms with Gasteiger partial charge in [-0.2, -0.15) is 0 Å². The molecule has 0 aliphatic heterocycles. The molecule has 0 fully saturated rings. The van der Waals surface area contributed by atoms with Crippen LogP contribution in [0.15, 0.2) is 41.3 Å². The lowest BCUT2D eigenvalue weighted by atomic mass is 10.1. The maximum absolute atomic E-state index is 9.80. The van der Waals surface area contributed by atoms with Gasteiger partial charge in [-0.25, -0.2) is 0 Å². The zero-order chi connectivity index (χ0) is 15.4. The molecule has 0 unspecified atom stereocenters. The van der Waals surface area contributed by atoms with Gasteiger partial charge in [-0.1, -0.05) is 12.1 Å². The Hall–Kier alpha value is -1.65. The number of hydrogen-bond donors (Lipinski definition) is 2. The molecule has 0 bridgehead atoms. The van der Waals surface area contributed by atoms with Gasteiger partial charge in [0.05, 0.1) is 0 Å². The maximum Gasteiger partial charge on any atom is 0.117 e. The minimum absolute atomic E-state index is 0.282. The Labute approximate surface area is 130 Å². The van der Waals surface area contributed by atoms with Crippen LogP contribution in [0.25, 0.3) is 0 Å². The molecule has 3 nitrogen and oxygen atoms in total. The fourth-order valence-electron chi connectivity index (χ4n) is 2.56. The van der Waals surface area contributed by atoms with Gasteiger partial charge < -0.3 is 15.7 Å². The van der Waals surface area contributed by atoms with Crippen molar-refractivity contribution in [3.8, 4) is 5.75 Å². The average molecular weight is 302 g/mol. The molecule has 0 atom stereocenters. The second kappa shape index (κ2) is 6.87. The number of benzene rings is 2. The number of aryl methyl sites for hydroxylation is 1. The summed E-state index contributed by atoms with van der Waals surface area (Å²) in [6.07, 6.45) is 2.06. The number of phenolic OH excluding ortho intramolecular Hbond substituents is 1. The van der Waals surface area contributed by atoms with E-state index in [1.165, 1.54) is 4.90 Å². The zero-order valence-corrected chi connectivity index (χ0v) is 13.6. The Morgan fingerprint density at radius 3 is 2.57 bits per heavy atom. The highest BCUT2D eigenvalue weighted by molar-refractivity contribution is 7.98. The molecule has 0 aliphatic carbocycles. The molecule has 0 aliphatic rings. The van der Waals surface area contributed by atoms with Gasteiger partial charge in [0, 0.05) is 41.0 Å². The Morgan fingerprint density at radius 1 is 1.19 bits per heavy atom. The van der Waals surface area contributed by atoms with Gasteiger partial charge in [0.15, 0.2) is 0 Å². The van der Waals surface area contributed by atoms with Gasteiger partial charge in [0.25, 0.3) is 0 Å². The van der Waals surface area contributed by atoms with E-state index in [2.05, 4.69) is 43.2 Å². The van der Waals surface area contributed by atoms with Gasteiger partial charge in [0.1, 0.15) is 5.75 Å². The SMILES string of the molecule is CCN(c1cc(O)ccc1C)c1cccc(SC)c1CN. The fraction of sp³-hybridized carbons (Fsp3) is 0.294. The topological polar surface area (TPSA) is 49.5 Å². The normalized spacial score (nSPS) is 10.7. The Kier molecular flexibility index (Phi) is 5.15. The number of anilines is 2. The minimum atomic E-state index is 0.282. The lowest BCUT2D eigenvalue weighted by Gasteiger charge is -2.28. The lowest BCUT2D eigenvalue weighted by Crippen LogP contribution is -2.20. The van der Waals surface area contributed by atoms with Crippen LogP contribution in [0, 0.1) is 6.92 Å². The molecular formula is C17H22N2OS. The predicted octanol–water partition coefficient (Wildman–Crippen LogP) is 4.04. The first-order valence-electron chi connectivity index (χ1n) is 7.05. The number of aromatic hydroxyl groups is 1. The number of rotatable bonds is 5. The third kappa shape index (κ3) is 3.17. The molecular weight excluding hydrogens is 280 g/mol. The van der Waals surface area contributed by atoms with Crippen molar-refractivity contribution in [2.75, 3.05) is 17.7 Å². The van der Waals surface area contributed by atoms with Crippen LogP contribution in [0.3, 0.4) is 0 Å². The summed E-state index contributed by atoms with van der Waals surface area (Å²) in [5, 5.41) is 9.80. The summed E-state index contributed by atoms with van der Waals surface area (Å²) >= 11 is 1.71. The predicted molar refractivity (Wildman–Crippen MR) is 91.6 cm³/mol. The van der Waals surface area contributed by atoms with Crippen molar-refractivity contribution in [2.45, 2.75) is 25.3 Å². The summed E-state index contributed by atoms with van der Waals surface area (Å²) in [6.45, 7) is 5.48. The lowest BCUT2D eigenvalue weighted by molar-refractivity contribution is 0.475. The fourth-order valence-corrected chi connectivity index (χ4v) is 3.21. The van der Waals surface area contributed by atoms with E-state index in [-0.39, 0.29) is 5.75 Å². The second-order valence-electron chi connectivity index (χ2n) is 4.88. The number of nitrogens with zero attached hydrogens (tertiary/aromatic N) is 1. The Bertz CT molecular complexity index is 628. The van der Waals surface area contributed by atoms with Gasteiger partial charge in [-0.05, 0) is 43.9 Å². The first-order chi connectivity index (χ1) is 10.1. The van der Waals surface area contributed by atoms with Crippen molar-refractivity contribution in [2.24, 2.45) is 5.73 Å². The molecule has 112 valence electrons. The molecule has 21 heavy (non-hydrogen) atoms. The van der Waals surface area contributed by atoms with E-state index in [1.807, 2.05) is 12.1 Å². The number of hydrogen-bond acceptors (Lipinski definition) is 4. The van der Waals surface area contributed by atoms with Crippen LogP contribution in [0.1, 0.15) is 18.1 Å². The minimum Gasteiger partial charge on any atom is -0.508 e. The molecule has 0 amide bonds. The quantitative estimate of drug-likeness (QED) is 0.818. The van der Waals surface area contributed by atoms with E-state index < -0.39 is 0 Å². The molecule has 2 aromatic rings. The van der Waals surface area contributed by atoms with Crippen molar-refractivity contribution in [3.05, 3.63) is 47.5 Å². The Morgan fingerprint density at radius 2 is 1.95 bits per heavy atom.